The van der Waals surface area contributed by atoms with Gasteiger partial charge >= 0.3 is 24.7 Å². The minimum absolute atomic E-state index is 0.000167. The normalized spacial score (nSPS) is 20.1. The Balaban J connectivity index is 2.68. The molecular formula is C16H10ClF12NO3. The Morgan fingerprint density at radius 2 is 1.27 bits per heavy atom. The van der Waals surface area contributed by atoms with Crippen molar-refractivity contribution in [2.75, 3.05) is 4.90 Å². The Morgan fingerprint density at radius 1 is 0.848 bits per heavy atom. The van der Waals surface area contributed by atoms with Gasteiger partial charge in [0.2, 0.25) is 12.0 Å². The molecule has 4 nitrogen and oxygen atoms in total. The second-order valence-corrected chi connectivity index (χ2v) is 7.04. The van der Waals surface area contributed by atoms with Crippen LogP contribution in [-0.4, -0.2) is 49.0 Å². The molecule has 0 bridgehead atoms. The van der Waals surface area contributed by atoms with Crippen LogP contribution in [0.1, 0.15) is 18.6 Å². The Kier molecular flexibility index (Phi) is 7.19. The number of carbonyl (C=O) groups excluding carboxylic acids is 1. The minimum atomic E-state index is -6.20. The molecule has 0 saturated heterocycles. The molecule has 0 aliphatic carbocycles. The van der Waals surface area contributed by atoms with Gasteiger partial charge in [-0.05, 0) is 12.1 Å². The summed E-state index contributed by atoms with van der Waals surface area (Å²) in [5.41, 5.74) is -1.49. The van der Waals surface area contributed by atoms with Gasteiger partial charge < -0.3 is 9.47 Å². The fourth-order valence-corrected chi connectivity index (χ4v) is 3.15. The third kappa shape index (κ3) is 5.95. The number of hydrogen-bond donors (Lipinski definition) is 0. The number of rotatable bonds is 4. The van der Waals surface area contributed by atoms with Crippen molar-refractivity contribution in [2.45, 2.75) is 56.2 Å². The van der Waals surface area contributed by atoms with E-state index >= 15 is 0 Å². The zero-order valence-electron chi connectivity index (χ0n) is 15.6. The van der Waals surface area contributed by atoms with Gasteiger partial charge in [-0.3, -0.25) is 9.69 Å². The van der Waals surface area contributed by atoms with Gasteiger partial charge in [-0.1, -0.05) is 17.7 Å². The molecule has 1 aliphatic heterocycles. The average molecular weight is 528 g/mol. The summed E-state index contributed by atoms with van der Waals surface area (Å²) in [5, 5.41) is -0.300. The number of carbonyl (C=O) groups is 1. The van der Waals surface area contributed by atoms with Crippen LogP contribution in [0.2, 0.25) is 5.02 Å². The van der Waals surface area contributed by atoms with Crippen molar-refractivity contribution in [3.63, 3.8) is 0 Å². The highest BCUT2D eigenvalue weighted by atomic mass is 35.5. The number of alkyl halides is 12. The quantitative estimate of drug-likeness (QED) is 0.445. The number of benzene rings is 1. The molecule has 1 heterocycles. The summed E-state index contributed by atoms with van der Waals surface area (Å²) in [7, 11) is 0. The van der Waals surface area contributed by atoms with Gasteiger partial charge in [0.15, 0.2) is 6.23 Å². The molecule has 2 atom stereocenters. The summed E-state index contributed by atoms with van der Waals surface area (Å²) in [6.45, 7) is 0.574. The van der Waals surface area contributed by atoms with E-state index < -0.39 is 66.4 Å². The van der Waals surface area contributed by atoms with Crippen LogP contribution < -0.4 is 4.90 Å². The molecule has 188 valence electrons. The molecule has 1 aliphatic rings. The number of ether oxygens (including phenoxy) is 2. The highest BCUT2D eigenvalue weighted by Gasteiger charge is 2.63. The molecule has 17 heteroatoms. The highest BCUT2D eigenvalue weighted by molar-refractivity contribution is 6.31. The molecular weight excluding hydrogens is 518 g/mol. The van der Waals surface area contributed by atoms with E-state index in [2.05, 4.69) is 9.47 Å². The summed E-state index contributed by atoms with van der Waals surface area (Å²) >= 11 is 5.65. The Labute approximate surface area is 181 Å². The van der Waals surface area contributed by atoms with Gasteiger partial charge in [0, 0.05) is 17.5 Å². The first-order chi connectivity index (χ1) is 14.7. The van der Waals surface area contributed by atoms with Crippen LogP contribution >= 0.6 is 11.6 Å². The monoisotopic (exact) mass is 527 g/mol. The first-order valence-corrected chi connectivity index (χ1v) is 8.70. The third-order valence-electron chi connectivity index (χ3n) is 4.16. The first-order valence-electron chi connectivity index (χ1n) is 8.32. The number of anilines is 1. The fourth-order valence-electron chi connectivity index (χ4n) is 2.98. The van der Waals surface area contributed by atoms with Gasteiger partial charge in [-0.15, -0.1) is 0 Å². The Morgan fingerprint density at radius 3 is 1.67 bits per heavy atom. The number of nitrogens with zero attached hydrogens (tertiary/aromatic N) is 1. The minimum Gasteiger partial charge on any atom is -0.348 e. The SMILES string of the molecule is CC(=O)N1c2cc(Cl)ccc2C(OC(C(F)(F)F)C(F)(F)F)C1OC(C(F)(F)F)C(F)(F)F. The van der Waals surface area contributed by atoms with E-state index in [1.807, 2.05) is 0 Å². The lowest BCUT2D eigenvalue weighted by Gasteiger charge is -2.34. The van der Waals surface area contributed by atoms with Crippen LogP contribution in [0, 0.1) is 0 Å². The molecule has 0 aromatic heterocycles. The summed E-state index contributed by atoms with van der Waals surface area (Å²) in [6, 6.07) is 2.27. The molecule has 1 amide bonds. The van der Waals surface area contributed by atoms with Gasteiger partial charge in [0.05, 0.1) is 5.69 Å². The number of amides is 1. The number of fused-ring (bicyclic) bond motifs is 1. The molecule has 0 N–H and O–H groups in total. The Hall–Kier alpha value is -1.94. The van der Waals surface area contributed by atoms with Crippen molar-refractivity contribution < 1.29 is 67.0 Å². The standard InChI is InChI=1S/C16H10ClF12NO3/c1-5(31)30-8-4-6(17)2-3-7(8)9(32-11(13(18,19)20)14(21,22)23)10(30)33-12(15(24,25)26)16(27,28)29/h2-4,9-12H,1H3. The zero-order valence-corrected chi connectivity index (χ0v) is 16.4. The lowest BCUT2D eigenvalue weighted by molar-refractivity contribution is -0.356. The van der Waals surface area contributed by atoms with Gasteiger partial charge in [-0.25, -0.2) is 0 Å². The van der Waals surface area contributed by atoms with Crippen molar-refractivity contribution in [1.29, 1.82) is 0 Å². The van der Waals surface area contributed by atoms with E-state index in [4.69, 9.17) is 11.6 Å². The Bertz CT molecular complexity index is 851. The van der Waals surface area contributed by atoms with Gasteiger partial charge in [-0.2, -0.15) is 52.7 Å². The maximum absolute atomic E-state index is 13.0. The maximum atomic E-state index is 13.0. The molecule has 1 aromatic rings. The molecule has 0 radical (unpaired) electrons. The molecule has 2 unspecified atom stereocenters. The van der Waals surface area contributed by atoms with Crippen molar-refractivity contribution in [3.8, 4) is 0 Å². The molecule has 0 spiro atoms. The van der Waals surface area contributed by atoms with Crippen LogP contribution in [0.3, 0.4) is 0 Å². The van der Waals surface area contributed by atoms with E-state index in [0.29, 0.717) is 13.0 Å². The molecule has 1 aromatic carbocycles. The molecule has 0 fully saturated rings. The fraction of sp³-hybridized carbons (Fsp3) is 0.562. The van der Waals surface area contributed by atoms with E-state index in [-0.39, 0.29) is 9.92 Å². The summed E-state index contributed by atoms with van der Waals surface area (Å²) in [6.07, 6.45) is -39.9. The molecule has 33 heavy (non-hydrogen) atoms. The van der Waals surface area contributed by atoms with Crippen molar-refractivity contribution in [1.82, 2.24) is 0 Å². The molecule has 2 rings (SSSR count). The summed E-state index contributed by atoms with van der Waals surface area (Å²) < 4.78 is 164. The lowest BCUT2D eigenvalue weighted by atomic mass is 10.1. The second-order valence-electron chi connectivity index (χ2n) is 6.60. The van der Waals surface area contributed by atoms with Gasteiger partial charge in [0.25, 0.3) is 6.10 Å². The highest BCUT2D eigenvalue weighted by Crippen LogP contribution is 2.49. The van der Waals surface area contributed by atoms with Crippen molar-refractivity contribution >= 4 is 23.2 Å². The van der Waals surface area contributed by atoms with E-state index in [1.54, 1.807) is 0 Å². The topological polar surface area (TPSA) is 38.8 Å². The predicted molar refractivity (Wildman–Crippen MR) is 85.1 cm³/mol. The van der Waals surface area contributed by atoms with Crippen LogP contribution in [0.4, 0.5) is 58.4 Å². The largest absolute Gasteiger partial charge is 0.423 e. The maximum Gasteiger partial charge on any atom is 0.423 e. The van der Waals surface area contributed by atoms with Crippen LogP contribution in [0.5, 0.6) is 0 Å². The third-order valence-corrected chi connectivity index (χ3v) is 4.39. The van der Waals surface area contributed by atoms with Crippen LogP contribution in [0.15, 0.2) is 18.2 Å². The average Bonchev–Trinajstić information content (AvgIpc) is 2.85. The van der Waals surface area contributed by atoms with Gasteiger partial charge in [0.1, 0.15) is 6.10 Å². The zero-order chi connectivity index (χ0) is 25.7. The summed E-state index contributed by atoms with van der Waals surface area (Å²) in [5.74, 6) is -1.38. The van der Waals surface area contributed by atoms with E-state index in [0.717, 1.165) is 12.1 Å². The first kappa shape index (κ1) is 27.3. The van der Waals surface area contributed by atoms with E-state index in [9.17, 15) is 57.5 Å². The van der Waals surface area contributed by atoms with Crippen LogP contribution in [0.25, 0.3) is 0 Å². The number of halogens is 13. The second kappa shape index (κ2) is 8.69. The van der Waals surface area contributed by atoms with Crippen molar-refractivity contribution in [3.05, 3.63) is 28.8 Å². The smallest absolute Gasteiger partial charge is 0.348 e. The van der Waals surface area contributed by atoms with Crippen molar-refractivity contribution in [2.24, 2.45) is 0 Å². The molecule has 0 saturated carbocycles. The van der Waals surface area contributed by atoms with E-state index in [1.165, 1.54) is 0 Å². The predicted octanol–water partition coefficient (Wildman–Crippen LogP) is 6.09. The lowest BCUT2D eigenvalue weighted by Crippen LogP contribution is -2.53. The summed E-state index contributed by atoms with van der Waals surface area (Å²) in [4.78, 5) is 12.0. The van der Waals surface area contributed by atoms with Crippen LogP contribution in [-0.2, 0) is 14.3 Å². The number of hydrogen-bond acceptors (Lipinski definition) is 3.